The summed E-state index contributed by atoms with van der Waals surface area (Å²) in [7, 11) is 1.66. The molecule has 0 aliphatic heterocycles. The zero-order valence-corrected chi connectivity index (χ0v) is 9.07. The van der Waals surface area contributed by atoms with Crippen LogP contribution < -0.4 is 10.5 Å². The van der Waals surface area contributed by atoms with E-state index in [2.05, 4.69) is 5.92 Å². The van der Waals surface area contributed by atoms with E-state index < -0.39 is 0 Å². The smallest absolute Gasteiger partial charge is 0.123 e. The van der Waals surface area contributed by atoms with Crippen molar-refractivity contribution in [3.63, 3.8) is 0 Å². The largest absolute Gasteiger partial charge is 0.496 e. The van der Waals surface area contributed by atoms with Crippen molar-refractivity contribution in [2.75, 3.05) is 7.11 Å². The van der Waals surface area contributed by atoms with E-state index >= 15 is 0 Å². The molecule has 0 aliphatic carbocycles. The van der Waals surface area contributed by atoms with Gasteiger partial charge in [0.1, 0.15) is 5.75 Å². The van der Waals surface area contributed by atoms with Gasteiger partial charge in [-0.2, -0.15) is 0 Å². The molecule has 0 saturated heterocycles. The van der Waals surface area contributed by atoms with Crippen molar-refractivity contribution in [1.29, 1.82) is 0 Å². The third kappa shape index (κ3) is 3.30. The van der Waals surface area contributed by atoms with Crippen LogP contribution in [0, 0.1) is 12.3 Å². The molecule has 2 heteroatoms. The number of hydrogen-bond acceptors (Lipinski definition) is 2. The van der Waals surface area contributed by atoms with E-state index in [1.165, 1.54) is 0 Å². The van der Waals surface area contributed by atoms with Gasteiger partial charge in [-0.15, -0.1) is 12.3 Å². The monoisotopic (exact) mass is 203 g/mol. The van der Waals surface area contributed by atoms with Gasteiger partial charge in [-0.3, -0.25) is 0 Å². The van der Waals surface area contributed by atoms with Crippen molar-refractivity contribution < 1.29 is 4.74 Å². The number of rotatable bonds is 5. The summed E-state index contributed by atoms with van der Waals surface area (Å²) >= 11 is 0. The standard InChI is InChI=1S/C13H17NO/c1-3-4-5-9-12(14)11-8-6-7-10-13(11)15-2/h1,6-8,10,12H,4-5,9,14H2,2H3. The lowest BCUT2D eigenvalue weighted by Gasteiger charge is -2.14. The number of benzene rings is 1. The molecule has 0 amide bonds. The predicted molar refractivity (Wildman–Crippen MR) is 62.6 cm³/mol. The number of terminal acetylenes is 1. The Morgan fingerprint density at radius 1 is 1.47 bits per heavy atom. The van der Waals surface area contributed by atoms with Gasteiger partial charge in [-0.05, 0) is 18.9 Å². The molecule has 0 aromatic heterocycles. The molecule has 0 spiro atoms. The maximum atomic E-state index is 6.06. The van der Waals surface area contributed by atoms with E-state index in [-0.39, 0.29) is 6.04 Å². The molecular weight excluding hydrogens is 186 g/mol. The van der Waals surface area contributed by atoms with Gasteiger partial charge in [-0.1, -0.05) is 18.2 Å². The number of unbranched alkanes of at least 4 members (excludes halogenated alkanes) is 1. The van der Waals surface area contributed by atoms with Gasteiger partial charge in [0.25, 0.3) is 0 Å². The summed E-state index contributed by atoms with van der Waals surface area (Å²) < 4.78 is 5.25. The fraction of sp³-hybridized carbons (Fsp3) is 0.385. The zero-order chi connectivity index (χ0) is 11.1. The number of hydrogen-bond donors (Lipinski definition) is 1. The highest BCUT2D eigenvalue weighted by molar-refractivity contribution is 5.35. The molecule has 1 atom stereocenters. The Labute approximate surface area is 91.4 Å². The summed E-state index contributed by atoms with van der Waals surface area (Å²) in [5.74, 6) is 3.47. The molecule has 0 heterocycles. The molecule has 1 aromatic rings. The molecular formula is C13H17NO. The quantitative estimate of drug-likeness (QED) is 0.589. The van der Waals surface area contributed by atoms with Crippen LogP contribution in [-0.4, -0.2) is 7.11 Å². The Balaban J connectivity index is 2.64. The number of para-hydroxylation sites is 1. The van der Waals surface area contributed by atoms with Gasteiger partial charge in [-0.25, -0.2) is 0 Å². The van der Waals surface area contributed by atoms with E-state index in [1.807, 2.05) is 24.3 Å². The maximum absolute atomic E-state index is 6.06. The first-order valence-corrected chi connectivity index (χ1v) is 5.11. The third-order valence-corrected chi connectivity index (χ3v) is 2.37. The van der Waals surface area contributed by atoms with Crippen LogP contribution in [0.15, 0.2) is 24.3 Å². The molecule has 1 aromatic carbocycles. The van der Waals surface area contributed by atoms with Crippen LogP contribution >= 0.6 is 0 Å². The minimum Gasteiger partial charge on any atom is -0.496 e. The lowest BCUT2D eigenvalue weighted by atomic mass is 10.0. The summed E-state index contributed by atoms with van der Waals surface area (Å²) in [6.07, 6.45) is 7.82. The number of ether oxygens (including phenoxy) is 1. The first-order valence-electron chi connectivity index (χ1n) is 5.11. The van der Waals surface area contributed by atoms with E-state index in [1.54, 1.807) is 7.11 Å². The minimum absolute atomic E-state index is 0.00880. The molecule has 1 unspecified atom stereocenters. The fourth-order valence-corrected chi connectivity index (χ4v) is 1.55. The Morgan fingerprint density at radius 3 is 2.87 bits per heavy atom. The van der Waals surface area contributed by atoms with Gasteiger partial charge in [0.15, 0.2) is 0 Å². The lowest BCUT2D eigenvalue weighted by Crippen LogP contribution is -2.11. The second-order valence-corrected chi connectivity index (χ2v) is 3.44. The maximum Gasteiger partial charge on any atom is 0.123 e. The fourth-order valence-electron chi connectivity index (χ4n) is 1.55. The SMILES string of the molecule is C#CCCCC(N)c1ccccc1OC. The Hall–Kier alpha value is -1.46. The molecule has 2 N–H and O–H groups in total. The van der Waals surface area contributed by atoms with Crippen LogP contribution in [0.25, 0.3) is 0 Å². The first-order chi connectivity index (χ1) is 7.29. The van der Waals surface area contributed by atoms with E-state index in [9.17, 15) is 0 Å². The number of methoxy groups -OCH3 is 1. The van der Waals surface area contributed by atoms with Crippen LogP contribution in [-0.2, 0) is 0 Å². The molecule has 15 heavy (non-hydrogen) atoms. The summed E-state index contributed by atoms with van der Waals surface area (Å²) in [5.41, 5.74) is 7.12. The van der Waals surface area contributed by atoms with Crippen molar-refractivity contribution >= 4 is 0 Å². The molecule has 0 saturated carbocycles. The van der Waals surface area contributed by atoms with E-state index in [0.29, 0.717) is 0 Å². The van der Waals surface area contributed by atoms with Crippen LogP contribution in [0.5, 0.6) is 5.75 Å². The molecule has 0 fully saturated rings. The normalized spacial score (nSPS) is 11.8. The summed E-state index contributed by atoms with van der Waals surface area (Å²) in [6, 6.07) is 7.85. The molecule has 0 radical (unpaired) electrons. The number of nitrogens with two attached hydrogens (primary N) is 1. The highest BCUT2D eigenvalue weighted by Gasteiger charge is 2.10. The second-order valence-electron chi connectivity index (χ2n) is 3.44. The Kier molecular flexibility index (Phi) is 4.73. The average Bonchev–Trinajstić information content (AvgIpc) is 2.29. The molecule has 0 bridgehead atoms. The molecule has 80 valence electrons. The van der Waals surface area contributed by atoms with Gasteiger partial charge in [0.2, 0.25) is 0 Å². The highest BCUT2D eigenvalue weighted by atomic mass is 16.5. The van der Waals surface area contributed by atoms with Crippen LogP contribution in [0.2, 0.25) is 0 Å². The van der Waals surface area contributed by atoms with Crippen molar-refractivity contribution in [3.8, 4) is 18.1 Å². The first kappa shape index (κ1) is 11.6. The van der Waals surface area contributed by atoms with Crippen LogP contribution in [0.1, 0.15) is 30.9 Å². The third-order valence-electron chi connectivity index (χ3n) is 2.37. The Morgan fingerprint density at radius 2 is 2.20 bits per heavy atom. The van der Waals surface area contributed by atoms with Crippen molar-refractivity contribution in [1.82, 2.24) is 0 Å². The van der Waals surface area contributed by atoms with Crippen LogP contribution in [0.3, 0.4) is 0 Å². The van der Waals surface area contributed by atoms with Crippen LogP contribution in [0.4, 0.5) is 0 Å². The predicted octanol–water partition coefficient (Wildman–Crippen LogP) is 2.50. The molecule has 2 nitrogen and oxygen atoms in total. The van der Waals surface area contributed by atoms with Crippen molar-refractivity contribution in [2.45, 2.75) is 25.3 Å². The van der Waals surface area contributed by atoms with E-state index in [4.69, 9.17) is 16.9 Å². The topological polar surface area (TPSA) is 35.2 Å². The summed E-state index contributed by atoms with van der Waals surface area (Å²) in [6.45, 7) is 0. The second kappa shape index (κ2) is 6.10. The summed E-state index contributed by atoms with van der Waals surface area (Å²) in [4.78, 5) is 0. The van der Waals surface area contributed by atoms with Gasteiger partial charge < -0.3 is 10.5 Å². The molecule has 1 rings (SSSR count). The van der Waals surface area contributed by atoms with Gasteiger partial charge >= 0.3 is 0 Å². The minimum atomic E-state index is 0.00880. The average molecular weight is 203 g/mol. The highest BCUT2D eigenvalue weighted by Crippen LogP contribution is 2.26. The van der Waals surface area contributed by atoms with E-state index in [0.717, 1.165) is 30.6 Å². The van der Waals surface area contributed by atoms with Gasteiger partial charge in [0, 0.05) is 18.0 Å². The van der Waals surface area contributed by atoms with Gasteiger partial charge in [0.05, 0.1) is 7.11 Å². The van der Waals surface area contributed by atoms with Crippen molar-refractivity contribution in [2.24, 2.45) is 5.73 Å². The lowest BCUT2D eigenvalue weighted by molar-refractivity contribution is 0.403. The zero-order valence-electron chi connectivity index (χ0n) is 9.07. The Bertz CT molecular complexity index is 341. The van der Waals surface area contributed by atoms with Crippen molar-refractivity contribution in [3.05, 3.63) is 29.8 Å². The molecule has 0 aliphatic rings. The summed E-state index contributed by atoms with van der Waals surface area (Å²) in [5, 5.41) is 0.